The van der Waals surface area contributed by atoms with Crippen molar-refractivity contribution in [2.45, 2.75) is 18.3 Å². The predicted molar refractivity (Wildman–Crippen MR) is 135 cm³/mol. The van der Waals surface area contributed by atoms with Gasteiger partial charge in [-0.3, -0.25) is 14.5 Å². The number of carbonyl (C=O) groups excluding carboxylic acids is 2. The summed E-state index contributed by atoms with van der Waals surface area (Å²) in [7, 11) is 1.85. The Bertz CT molecular complexity index is 1060. The van der Waals surface area contributed by atoms with Gasteiger partial charge in [0.15, 0.2) is 10.8 Å². The summed E-state index contributed by atoms with van der Waals surface area (Å²) < 4.78 is 0.153. The van der Waals surface area contributed by atoms with Crippen molar-refractivity contribution in [2.24, 2.45) is 5.16 Å². The number of carbonyl (C=O) groups is 3. The maximum Gasteiger partial charge on any atom is 0.352 e. The smallest absolute Gasteiger partial charge is 0.352 e. The van der Waals surface area contributed by atoms with Crippen molar-refractivity contribution in [1.82, 2.24) is 20.5 Å². The second kappa shape index (κ2) is 11.9. The molecular weight excluding hydrogens is 524 g/mol. The molecule has 1 aromatic rings. The molecule has 184 valence electrons. The maximum absolute atomic E-state index is 13.0. The fourth-order valence-corrected chi connectivity index (χ4v) is 6.09. The molecule has 1 saturated heterocycles. The van der Waals surface area contributed by atoms with Crippen LogP contribution in [0.1, 0.15) is 12.6 Å². The van der Waals surface area contributed by atoms with Crippen LogP contribution in [-0.4, -0.2) is 81.6 Å². The summed E-state index contributed by atoms with van der Waals surface area (Å²) in [6.45, 7) is 2.70. The summed E-state index contributed by atoms with van der Waals surface area (Å²) in [4.78, 5) is 48.0. The number of nitrogens with two attached hydrogens (primary N) is 1. The highest BCUT2D eigenvalue weighted by Crippen LogP contribution is 2.41. The number of hydrogen-bond acceptors (Lipinski definition) is 11. The van der Waals surface area contributed by atoms with Crippen molar-refractivity contribution in [3.63, 3.8) is 0 Å². The number of nitrogens with one attached hydrogen (secondary N) is 2. The number of oxime groups is 1. The number of anilines is 1. The third kappa shape index (κ3) is 5.68. The number of nitrogen functional groups attached to an aromatic ring is 1. The van der Waals surface area contributed by atoms with E-state index in [4.69, 9.17) is 22.2 Å². The van der Waals surface area contributed by atoms with Crippen molar-refractivity contribution >= 4 is 75.1 Å². The minimum absolute atomic E-state index is 0.0457. The SMILES string of the molecule is CCO/N=C(\C(=O)N[C@@H]1C(=O)N2C(C(=O)O)=C(C=CSCCNC)CS[C@H]12)c1nc(N)sc1Cl. The van der Waals surface area contributed by atoms with Gasteiger partial charge in [-0.25, -0.2) is 9.78 Å². The lowest BCUT2D eigenvalue weighted by atomic mass is 10.0. The highest BCUT2D eigenvalue weighted by atomic mass is 35.5. The van der Waals surface area contributed by atoms with Crippen molar-refractivity contribution < 1.29 is 24.3 Å². The van der Waals surface area contributed by atoms with E-state index in [1.54, 1.807) is 13.0 Å². The number of thioether (sulfide) groups is 2. The van der Waals surface area contributed by atoms with E-state index in [9.17, 15) is 19.5 Å². The zero-order valence-electron chi connectivity index (χ0n) is 18.2. The van der Waals surface area contributed by atoms with Gasteiger partial charge in [-0.2, -0.15) is 0 Å². The molecule has 5 N–H and O–H groups in total. The number of fused-ring (bicyclic) bond motifs is 1. The minimum Gasteiger partial charge on any atom is -0.477 e. The monoisotopic (exact) mass is 546 g/mol. The molecule has 15 heteroatoms. The number of β-lactam (4-membered cyclic amide) rings is 1. The summed E-state index contributed by atoms with van der Waals surface area (Å²) >= 11 is 10.00. The van der Waals surface area contributed by atoms with E-state index < -0.39 is 29.2 Å². The molecule has 3 heterocycles. The number of hydrogen-bond donors (Lipinski definition) is 4. The summed E-state index contributed by atoms with van der Waals surface area (Å²) in [6.07, 6.45) is 1.72. The zero-order valence-corrected chi connectivity index (χ0v) is 21.4. The average Bonchev–Trinajstić information content (AvgIpc) is 3.14. The largest absolute Gasteiger partial charge is 0.477 e. The number of rotatable bonds is 11. The lowest BCUT2D eigenvalue weighted by molar-refractivity contribution is -0.150. The molecule has 2 aliphatic rings. The van der Waals surface area contributed by atoms with Gasteiger partial charge in [0.05, 0.1) is 0 Å². The first-order valence-electron chi connectivity index (χ1n) is 10.1. The lowest BCUT2D eigenvalue weighted by Gasteiger charge is -2.49. The second-order valence-corrected chi connectivity index (χ2v) is 10.6. The van der Waals surface area contributed by atoms with Crippen LogP contribution in [0.2, 0.25) is 4.34 Å². The van der Waals surface area contributed by atoms with Crippen LogP contribution < -0.4 is 16.4 Å². The van der Waals surface area contributed by atoms with Gasteiger partial charge in [0.25, 0.3) is 11.8 Å². The number of halogens is 1. The van der Waals surface area contributed by atoms with Crippen molar-refractivity contribution in [3.8, 4) is 0 Å². The van der Waals surface area contributed by atoms with Crippen LogP contribution in [0.3, 0.4) is 0 Å². The fourth-order valence-electron chi connectivity index (χ4n) is 3.12. The van der Waals surface area contributed by atoms with E-state index in [0.29, 0.717) is 11.3 Å². The highest BCUT2D eigenvalue weighted by molar-refractivity contribution is 8.02. The van der Waals surface area contributed by atoms with Crippen LogP contribution in [0.5, 0.6) is 0 Å². The molecular formula is C19H23ClN6O5S3. The van der Waals surface area contributed by atoms with Gasteiger partial charge in [0, 0.05) is 18.1 Å². The lowest BCUT2D eigenvalue weighted by Crippen LogP contribution is -2.71. The Morgan fingerprint density at radius 2 is 2.26 bits per heavy atom. The molecule has 2 atom stereocenters. The molecule has 2 aliphatic heterocycles. The van der Waals surface area contributed by atoms with Gasteiger partial charge in [0.1, 0.15) is 33.7 Å². The van der Waals surface area contributed by atoms with Crippen molar-refractivity contribution in [2.75, 3.05) is 37.4 Å². The Morgan fingerprint density at radius 3 is 2.88 bits per heavy atom. The van der Waals surface area contributed by atoms with Gasteiger partial charge in [-0.1, -0.05) is 28.1 Å². The molecule has 34 heavy (non-hydrogen) atoms. The topological polar surface area (TPSA) is 159 Å². The van der Waals surface area contributed by atoms with Crippen LogP contribution >= 0.6 is 46.5 Å². The number of nitrogens with zero attached hydrogens (tertiary/aromatic N) is 3. The first-order chi connectivity index (χ1) is 16.3. The summed E-state index contributed by atoms with van der Waals surface area (Å²) in [6, 6.07) is -0.941. The number of aromatic nitrogens is 1. The van der Waals surface area contributed by atoms with Crippen molar-refractivity contribution in [1.29, 1.82) is 0 Å². The Kier molecular flexibility index (Phi) is 9.24. The Hall–Kier alpha value is -2.26. The predicted octanol–water partition coefficient (Wildman–Crippen LogP) is 1.32. The van der Waals surface area contributed by atoms with Gasteiger partial charge >= 0.3 is 5.97 Å². The van der Waals surface area contributed by atoms with Crippen molar-refractivity contribution in [3.05, 3.63) is 32.8 Å². The normalized spacial score (nSPS) is 20.4. The minimum atomic E-state index is -1.20. The first-order valence-corrected chi connectivity index (χ1v) is 13.4. The van der Waals surface area contributed by atoms with Crippen LogP contribution in [0, 0.1) is 0 Å². The first kappa shape index (κ1) is 26.3. The number of carboxylic acid groups (broad SMARTS) is 1. The summed E-state index contributed by atoms with van der Waals surface area (Å²) in [5.41, 5.74) is 5.95. The van der Waals surface area contributed by atoms with Crippen LogP contribution in [0.25, 0.3) is 0 Å². The maximum atomic E-state index is 13.0. The fraction of sp³-hybridized carbons (Fsp3) is 0.421. The number of allylic oxidation sites excluding steroid dienone is 1. The van der Waals surface area contributed by atoms with E-state index >= 15 is 0 Å². The van der Waals surface area contributed by atoms with Crippen LogP contribution in [0.4, 0.5) is 5.13 Å². The molecule has 0 aromatic carbocycles. The molecule has 0 radical (unpaired) electrons. The third-order valence-electron chi connectivity index (χ3n) is 4.65. The standard InChI is InChI=1S/C19H23ClN6O5S3/c1-3-31-25-11(10-14(20)34-19(21)24-10)15(27)23-12-16(28)26-13(18(29)30)9(8-33-17(12)26)4-6-32-7-5-22-2/h4,6,12,17,22H,3,5,7-8H2,1-2H3,(H2,21,24)(H,23,27)(H,29,30)/b6-4?,25-11-/t12-,17-/m1/s1. The molecule has 2 amide bonds. The molecule has 0 aliphatic carbocycles. The van der Waals surface area contributed by atoms with Gasteiger partial charge < -0.3 is 26.3 Å². The number of carboxylic acids is 1. The van der Waals surface area contributed by atoms with E-state index in [1.807, 2.05) is 12.5 Å². The Balaban J connectivity index is 1.76. The van der Waals surface area contributed by atoms with E-state index in [1.165, 1.54) is 28.4 Å². The number of thiazole rings is 1. The van der Waals surface area contributed by atoms with Crippen LogP contribution in [-0.2, 0) is 19.2 Å². The van der Waals surface area contributed by atoms with Crippen LogP contribution in [0.15, 0.2) is 27.9 Å². The van der Waals surface area contributed by atoms with Gasteiger partial charge in [-0.15, -0.1) is 23.5 Å². The molecule has 0 bridgehead atoms. The summed E-state index contributed by atoms with van der Waals surface area (Å²) in [5.74, 6) is -1.26. The second-order valence-electron chi connectivity index (χ2n) is 6.85. The highest BCUT2D eigenvalue weighted by Gasteiger charge is 2.54. The third-order valence-corrected chi connectivity index (χ3v) is 7.80. The molecule has 0 unspecified atom stereocenters. The number of amides is 2. The molecule has 1 aromatic heterocycles. The Labute approximate surface area is 213 Å². The molecule has 3 rings (SSSR count). The molecule has 0 saturated carbocycles. The zero-order chi connectivity index (χ0) is 24.8. The van der Waals surface area contributed by atoms with E-state index in [2.05, 4.69) is 20.8 Å². The molecule has 11 nitrogen and oxygen atoms in total. The Morgan fingerprint density at radius 1 is 1.50 bits per heavy atom. The quantitative estimate of drug-likeness (QED) is 0.138. The molecule has 0 spiro atoms. The van der Waals surface area contributed by atoms with E-state index in [-0.39, 0.29) is 33.2 Å². The average molecular weight is 547 g/mol. The van der Waals surface area contributed by atoms with Gasteiger partial charge in [0.2, 0.25) is 0 Å². The summed E-state index contributed by atoms with van der Waals surface area (Å²) in [5, 5.41) is 20.6. The van der Waals surface area contributed by atoms with Gasteiger partial charge in [-0.05, 0) is 31.0 Å². The number of aliphatic carboxylic acids is 1. The van der Waals surface area contributed by atoms with E-state index in [0.717, 1.165) is 23.6 Å². The molecule has 1 fully saturated rings.